The van der Waals surface area contributed by atoms with Crippen molar-refractivity contribution in [3.8, 4) is 40.2 Å². The molecule has 0 unspecified atom stereocenters. The van der Waals surface area contributed by atoms with Gasteiger partial charge in [-0.25, -0.2) is 4.98 Å². The first-order valence-electron chi connectivity index (χ1n) is 15.2. The van der Waals surface area contributed by atoms with Crippen molar-refractivity contribution in [1.82, 2.24) is 19.1 Å². The van der Waals surface area contributed by atoms with Gasteiger partial charge in [-0.2, -0.15) is 10.2 Å². The van der Waals surface area contributed by atoms with E-state index in [1.807, 2.05) is 42.5 Å². The second-order valence-corrected chi connectivity index (χ2v) is 11.4. The largest absolute Gasteiger partial charge is 0.293 e. The number of hydrogen-bond donors (Lipinski definition) is 0. The van der Waals surface area contributed by atoms with Crippen LogP contribution in [0.3, 0.4) is 0 Å². The van der Waals surface area contributed by atoms with Gasteiger partial charge in [0, 0.05) is 38.7 Å². The summed E-state index contributed by atoms with van der Waals surface area (Å²) >= 11 is 0. The zero-order valence-corrected chi connectivity index (χ0v) is 24.7. The number of aromatic nitrogens is 4. The summed E-state index contributed by atoms with van der Waals surface area (Å²) in [6.07, 6.45) is 0. The molecule has 214 valence electrons. The smallest absolute Gasteiger partial charge is 0.237 e. The molecular weight excluding hydrogens is 562 g/mol. The van der Waals surface area contributed by atoms with Crippen molar-refractivity contribution < 1.29 is 0 Å². The maximum absolute atomic E-state index is 9.44. The van der Waals surface area contributed by atoms with E-state index in [4.69, 9.17) is 9.97 Å². The highest BCUT2D eigenvalue weighted by Crippen LogP contribution is 2.39. The van der Waals surface area contributed by atoms with Gasteiger partial charge in [-0.15, -0.1) is 0 Å². The quantitative estimate of drug-likeness (QED) is 0.206. The molecule has 0 saturated heterocycles. The molecule has 5 nitrogen and oxygen atoms in total. The first kappa shape index (κ1) is 25.9. The molecule has 0 bridgehead atoms. The van der Waals surface area contributed by atoms with Crippen molar-refractivity contribution in [2.75, 3.05) is 0 Å². The van der Waals surface area contributed by atoms with Gasteiger partial charge in [0.05, 0.1) is 39.4 Å². The van der Waals surface area contributed by atoms with Gasteiger partial charge in [-0.05, 0) is 35.9 Å². The van der Waals surface area contributed by atoms with Crippen LogP contribution in [0.1, 0.15) is 5.56 Å². The molecule has 3 aromatic heterocycles. The molecule has 0 N–H and O–H groups in total. The molecule has 0 aliphatic rings. The lowest BCUT2D eigenvalue weighted by atomic mass is 10.0. The molecule has 9 aromatic rings. The van der Waals surface area contributed by atoms with Gasteiger partial charge in [0.25, 0.3) is 0 Å². The van der Waals surface area contributed by atoms with Crippen LogP contribution in [-0.2, 0) is 0 Å². The van der Waals surface area contributed by atoms with Crippen molar-refractivity contribution >= 4 is 43.6 Å². The van der Waals surface area contributed by atoms with Crippen LogP contribution in [0.2, 0.25) is 0 Å². The van der Waals surface area contributed by atoms with Crippen LogP contribution in [0.5, 0.6) is 0 Å². The van der Waals surface area contributed by atoms with Gasteiger partial charge in [0.2, 0.25) is 5.95 Å². The highest BCUT2D eigenvalue weighted by atomic mass is 15.2. The molecule has 3 heterocycles. The van der Waals surface area contributed by atoms with E-state index >= 15 is 0 Å². The molecule has 0 saturated carbocycles. The molecule has 0 aliphatic heterocycles. The zero-order valence-electron chi connectivity index (χ0n) is 24.7. The second kappa shape index (κ2) is 10.3. The number of nitrogens with zero attached hydrogens (tertiary/aromatic N) is 5. The number of rotatable bonds is 4. The van der Waals surface area contributed by atoms with E-state index in [9.17, 15) is 5.26 Å². The number of nitriles is 1. The predicted molar refractivity (Wildman–Crippen MR) is 186 cm³/mol. The van der Waals surface area contributed by atoms with Crippen molar-refractivity contribution in [3.05, 3.63) is 157 Å². The maximum atomic E-state index is 9.44. The van der Waals surface area contributed by atoms with Crippen LogP contribution in [0, 0.1) is 11.3 Å². The molecule has 0 spiro atoms. The third kappa shape index (κ3) is 3.94. The van der Waals surface area contributed by atoms with Crippen LogP contribution < -0.4 is 0 Å². The summed E-state index contributed by atoms with van der Waals surface area (Å²) in [6, 6.07) is 54.2. The zero-order chi connectivity index (χ0) is 30.6. The lowest BCUT2D eigenvalue weighted by Gasteiger charge is -2.15. The average molecular weight is 588 g/mol. The molecule has 0 amide bonds. The third-order valence-corrected chi connectivity index (χ3v) is 8.80. The Bertz CT molecular complexity index is 2580. The third-order valence-electron chi connectivity index (χ3n) is 8.80. The second-order valence-electron chi connectivity index (χ2n) is 11.4. The van der Waals surface area contributed by atoms with Gasteiger partial charge in [0.15, 0.2) is 0 Å². The summed E-state index contributed by atoms with van der Waals surface area (Å²) in [4.78, 5) is 10.6. The summed E-state index contributed by atoms with van der Waals surface area (Å²) in [5.41, 5.74) is 8.82. The monoisotopic (exact) mass is 587 g/mol. The van der Waals surface area contributed by atoms with E-state index in [1.165, 1.54) is 0 Å². The minimum absolute atomic E-state index is 0.607. The summed E-state index contributed by atoms with van der Waals surface area (Å²) in [6.45, 7) is 0. The molecule has 0 aliphatic carbocycles. The fourth-order valence-electron chi connectivity index (χ4n) is 6.75. The highest BCUT2D eigenvalue weighted by molar-refractivity contribution is 6.14. The Kier molecular flexibility index (Phi) is 5.81. The van der Waals surface area contributed by atoms with Crippen molar-refractivity contribution in [3.63, 3.8) is 0 Å². The number of fused-ring (bicyclic) bond motifs is 6. The summed E-state index contributed by atoms with van der Waals surface area (Å²) in [7, 11) is 0. The van der Waals surface area contributed by atoms with Gasteiger partial charge >= 0.3 is 0 Å². The fraction of sp³-hybridized carbons (Fsp3) is 0. The van der Waals surface area contributed by atoms with E-state index in [2.05, 4.69) is 124 Å². The lowest BCUT2D eigenvalue weighted by molar-refractivity contribution is 0.952. The topological polar surface area (TPSA) is 59.4 Å². The summed E-state index contributed by atoms with van der Waals surface area (Å²) in [5, 5.41) is 14.0. The van der Waals surface area contributed by atoms with Crippen LogP contribution in [0.25, 0.3) is 77.8 Å². The predicted octanol–water partition coefficient (Wildman–Crippen LogP) is 9.88. The molecule has 9 rings (SSSR count). The van der Waals surface area contributed by atoms with Gasteiger partial charge in [-0.3, -0.25) is 9.13 Å². The Morgan fingerprint density at radius 3 is 1.70 bits per heavy atom. The van der Waals surface area contributed by atoms with E-state index in [0.29, 0.717) is 11.5 Å². The van der Waals surface area contributed by atoms with E-state index in [1.54, 1.807) is 0 Å². The number of para-hydroxylation sites is 4. The summed E-state index contributed by atoms with van der Waals surface area (Å²) < 4.78 is 4.44. The fourth-order valence-corrected chi connectivity index (χ4v) is 6.75. The molecule has 6 aromatic carbocycles. The number of benzene rings is 6. The van der Waals surface area contributed by atoms with Gasteiger partial charge < -0.3 is 0 Å². The minimum Gasteiger partial charge on any atom is -0.293 e. The normalized spacial score (nSPS) is 11.5. The van der Waals surface area contributed by atoms with Gasteiger partial charge in [-0.1, -0.05) is 115 Å². The minimum atomic E-state index is 0.607. The number of hydrogen-bond acceptors (Lipinski definition) is 3. The molecule has 0 radical (unpaired) electrons. The first-order valence-corrected chi connectivity index (χ1v) is 15.2. The van der Waals surface area contributed by atoms with Crippen molar-refractivity contribution in [2.45, 2.75) is 0 Å². The SMILES string of the molecule is N#Cc1ccc(-c2cccc3c4ccccc4n(-c4cc(-c5ccccc5)nc(-n5c6ccccc6c6ccccc65)n4)c23)cc1. The Morgan fingerprint density at radius 1 is 0.478 bits per heavy atom. The Balaban J connectivity index is 1.41. The van der Waals surface area contributed by atoms with Crippen LogP contribution >= 0.6 is 0 Å². The van der Waals surface area contributed by atoms with Crippen LogP contribution in [0.4, 0.5) is 0 Å². The van der Waals surface area contributed by atoms with Gasteiger partial charge in [0.1, 0.15) is 5.82 Å². The maximum Gasteiger partial charge on any atom is 0.237 e. The van der Waals surface area contributed by atoms with Crippen molar-refractivity contribution in [2.24, 2.45) is 0 Å². The molecular formula is C41H25N5. The van der Waals surface area contributed by atoms with Crippen LogP contribution in [0.15, 0.2) is 152 Å². The standard InChI is InChI=1S/C41H25N5/c42-26-27-21-23-28(24-22-27)30-16-10-17-34-33-15-6-9-20-38(33)46(40(30)34)39-25-35(29-11-2-1-3-12-29)43-41(44-39)45-36-18-7-4-13-31(36)32-14-5-8-19-37(32)45/h1-25H. The van der Waals surface area contributed by atoms with Crippen LogP contribution in [-0.4, -0.2) is 19.1 Å². The lowest BCUT2D eigenvalue weighted by Crippen LogP contribution is -2.07. The van der Waals surface area contributed by atoms with E-state index in [-0.39, 0.29) is 0 Å². The Labute approximate surface area is 264 Å². The van der Waals surface area contributed by atoms with Crippen molar-refractivity contribution in [1.29, 1.82) is 5.26 Å². The first-order chi connectivity index (χ1) is 22.8. The molecule has 0 atom stereocenters. The Morgan fingerprint density at radius 2 is 1.04 bits per heavy atom. The average Bonchev–Trinajstić information content (AvgIpc) is 3.65. The van der Waals surface area contributed by atoms with E-state index in [0.717, 1.165) is 71.8 Å². The van der Waals surface area contributed by atoms with E-state index < -0.39 is 0 Å². The Hall–Kier alpha value is -6.51. The highest BCUT2D eigenvalue weighted by Gasteiger charge is 2.21. The summed E-state index contributed by atoms with van der Waals surface area (Å²) in [5.74, 6) is 1.38. The molecule has 46 heavy (non-hydrogen) atoms. The molecule has 5 heteroatoms. The molecule has 0 fully saturated rings.